The Morgan fingerprint density at radius 1 is 0.973 bits per heavy atom. The summed E-state index contributed by atoms with van der Waals surface area (Å²) in [6.45, 7) is -0.889. The third kappa shape index (κ3) is 8.77. The lowest BCUT2D eigenvalue weighted by molar-refractivity contribution is -0.143. The smallest absolute Gasteiger partial charge is 0.326 e. The lowest BCUT2D eigenvalue weighted by Crippen LogP contribution is -2.58. The molecule has 14 heteroatoms. The van der Waals surface area contributed by atoms with Crippen molar-refractivity contribution in [2.24, 2.45) is 5.73 Å². The number of aliphatic carboxylic acids is 2. The van der Waals surface area contributed by atoms with Crippen molar-refractivity contribution in [3.8, 4) is 0 Å². The van der Waals surface area contributed by atoms with Crippen molar-refractivity contribution >= 4 is 52.3 Å². The largest absolute Gasteiger partial charge is 0.481 e. The summed E-state index contributed by atoms with van der Waals surface area (Å²) in [5, 5.41) is 35.6. The van der Waals surface area contributed by atoms with Crippen LogP contribution in [0.4, 0.5) is 0 Å². The van der Waals surface area contributed by atoms with Crippen LogP contribution in [-0.2, 0) is 30.4 Å². The van der Waals surface area contributed by atoms with Crippen LogP contribution in [0.15, 0.2) is 30.5 Å². The van der Waals surface area contributed by atoms with Crippen LogP contribution in [0.3, 0.4) is 0 Å². The number of aromatic amines is 1. The topological polar surface area (TPSA) is 224 Å². The Labute approximate surface area is 216 Å². The number of aromatic nitrogens is 1. The maximum absolute atomic E-state index is 12.7. The number of carbonyl (C=O) groups excluding carboxylic acids is 3. The molecule has 4 atom stereocenters. The lowest BCUT2D eigenvalue weighted by Gasteiger charge is -2.23. The first-order valence-electron chi connectivity index (χ1n) is 11.3. The molecule has 4 unspecified atom stereocenters. The summed E-state index contributed by atoms with van der Waals surface area (Å²) in [7, 11) is 0. The molecule has 2 aromatic rings. The molecule has 37 heavy (non-hydrogen) atoms. The van der Waals surface area contributed by atoms with E-state index < -0.39 is 66.9 Å². The zero-order valence-corrected chi connectivity index (χ0v) is 20.9. The first kappa shape index (κ1) is 29.6. The molecule has 0 saturated heterocycles. The van der Waals surface area contributed by atoms with Gasteiger partial charge in [-0.25, -0.2) is 4.79 Å². The maximum Gasteiger partial charge on any atom is 0.326 e. The van der Waals surface area contributed by atoms with Crippen molar-refractivity contribution in [2.45, 2.75) is 43.4 Å². The molecule has 3 amide bonds. The Hall–Kier alpha value is -3.62. The number of fused-ring (bicyclic) bond motifs is 1. The van der Waals surface area contributed by atoms with Crippen LogP contribution >= 0.6 is 11.8 Å². The van der Waals surface area contributed by atoms with Crippen molar-refractivity contribution in [3.63, 3.8) is 0 Å². The summed E-state index contributed by atoms with van der Waals surface area (Å²) in [6, 6.07) is 1.83. The number of carboxylic acid groups (broad SMARTS) is 2. The average molecular weight is 538 g/mol. The van der Waals surface area contributed by atoms with Crippen LogP contribution in [0.5, 0.6) is 0 Å². The number of nitrogens with one attached hydrogen (secondary N) is 4. The van der Waals surface area contributed by atoms with E-state index in [9.17, 15) is 39.3 Å². The fraction of sp³-hybridized carbons (Fsp3) is 0.435. The molecule has 0 saturated carbocycles. The molecule has 0 fully saturated rings. The van der Waals surface area contributed by atoms with E-state index in [0.717, 1.165) is 16.5 Å². The second kappa shape index (κ2) is 14.2. The van der Waals surface area contributed by atoms with E-state index in [1.807, 2.05) is 24.3 Å². The highest BCUT2D eigenvalue weighted by molar-refractivity contribution is 7.98. The first-order chi connectivity index (χ1) is 17.6. The number of hydrogen-bond acceptors (Lipinski definition) is 8. The van der Waals surface area contributed by atoms with Crippen LogP contribution in [-0.4, -0.2) is 92.7 Å². The van der Waals surface area contributed by atoms with Gasteiger partial charge in [0.15, 0.2) is 0 Å². The lowest BCUT2D eigenvalue weighted by atomic mass is 10.0. The predicted molar refractivity (Wildman–Crippen MR) is 136 cm³/mol. The fourth-order valence-corrected chi connectivity index (χ4v) is 4.00. The van der Waals surface area contributed by atoms with Gasteiger partial charge >= 0.3 is 11.9 Å². The van der Waals surface area contributed by atoms with E-state index in [-0.39, 0.29) is 12.8 Å². The van der Waals surface area contributed by atoms with Crippen LogP contribution in [0.1, 0.15) is 18.4 Å². The number of rotatable bonds is 15. The van der Waals surface area contributed by atoms with Gasteiger partial charge in [0.25, 0.3) is 0 Å². The molecule has 0 radical (unpaired) electrons. The number of amides is 3. The number of aliphatic hydroxyl groups excluding tert-OH is 1. The fourth-order valence-electron chi connectivity index (χ4n) is 3.52. The van der Waals surface area contributed by atoms with Crippen molar-refractivity contribution < 1.29 is 39.3 Å². The average Bonchev–Trinajstić information content (AvgIpc) is 3.26. The zero-order chi connectivity index (χ0) is 27.5. The van der Waals surface area contributed by atoms with Crippen molar-refractivity contribution in [1.29, 1.82) is 0 Å². The number of carboxylic acids is 2. The third-order valence-electron chi connectivity index (χ3n) is 5.50. The Kier molecular flexibility index (Phi) is 11.4. The summed E-state index contributed by atoms with van der Waals surface area (Å²) in [5.74, 6) is -5.07. The summed E-state index contributed by atoms with van der Waals surface area (Å²) in [5.41, 5.74) is 7.61. The molecule has 202 valence electrons. The minimum atomic E-state index is -1.60. The van der Waals surface area contributed by atoms with E-state index in [1.54, 1.807) is 12.5 Å². The number of benzene rings is 1. The van der Waals surface area contributed by atoms with Gasteiger partial charge in [-0.15, -0.1) is 0 Å². The van der Waals surface area contributed by atoms with Gasteiger partial charge in [0, 0.05) is 17.1 Å². The monoisotopic (exact) mass is 537 g/mol. The molecule has 9 N–H and O–H groups in total. The Balaban J connectivity index is 2.05. The van der Waals surface area contributed by atoms with Crippen LogP contribution in [0, 0.1) is 0 Å². The normalized spacial score (nSPS) is 14.2. The third-order valence-corrected chi connectivity index (χ3v) is 6.15. The number of thioether (sulfide) groups is 1. The maximum atomic E-state index is 12.7. The minimum absolute atomic E-state index is 0.103. The molecule has 2 rings (SSSR count). The molecule has 0 aliphatic carbocycles. The Morgan fingerprint density at radius 3 is 2.22 bits per heavy atom. The van der Waals surface area contributed by atoms with Gasteiger partial charge in [0.1, 0.15) is 18.1 Å². The molecule has 0 aliphatic heterocycles. The minimum Gasteiger partial charge on any atom is -0.481 e. The predicted octanol–water partition coefficient (Wildman–Crippen LogP) is -1.20. The standard InChI is InChI=1S/C23H31N5O8S/c1-37-7-6-16(23(35)36)26-22(34)18(11-29)28-21(33)17(9-19(30)31)27-20(32)14(24)8-12-10-25-15-5-3-2-4-13(12)15/h2-5,10,14,16-18,25,29H,6-9,11,24H2,1H3,(H,26,34)(H,27,32)(H,28,33)(H,30,31)(H,35,36). The van der Waals surface area contributed by atoms with E-state index >= 15 is 0 Å². The molecule has 1 aromatic heterocycles. The van der Waals surface area contributed by atoms with E-state index in [4.69, 9.17) is 5.73 Å². The number of aliphatic hydroxyl groups is 1. The Bertz CT molecular complexity index is 1120. The van der Waals surface area contributed by atoms with Gasteiger partial charge < -0.3 is 42.0 Å². The van der Waals surface area contributed by atoms with Gasteiger partial charge in [0.2, 0.25) is 17.7 Å². The Morgan fingerprint density at radius 2 is 1.59 bits per heavy atom. The number of hydrogen-bond donors (Lipinski definition) is 8. The van der Waals surface area contributed by atoms with E-state index in [2.05, 4.69) is 20.9 Å². The summed E-state index contributed by atoms with van der Waals surface area (Å²) in [6.07, 6.45) is 2.86. The SMILES string of the molecule is CSCCC(NC(=O)C(CO)NC(=O)C(CC(=O)O)NC(=O)C(N)Cc1c[nH]c2ccccc12)C(=O)O. The highest BCUT2D eigenvalue weighted by atomic mass is 32.2. The molecule has 0 bridgehead atoms. The summed E-state index contributed by atoms with van der Waals surface area (Å²) < 4.78 is 0. The zero-order valence-electron chi connectivity index (χ0n) is 20.1. The number of carbonyl (C=O) groups is 5. The van der Waals surface area contributed by atoms with Gasteiger partial charge in [-0.2, -0.15) is 11.8 Å². The van der Waals surface area contributed by atoms with Crippen molar-refractivity contribution in [2.75, 3.05) is 18.6 Å². The first-order valence-corrected chi connectivity index (χ1v) is 12.7. The van der Waals surface area contributed by atoms with E-state index in [0.29, 0.717) is 5.75 Å². The quantitative estimate of drug-likeness (QED) is 0.135. The molecule has 0 spiro atoms. The highest BCUT2D eigenvalue weighted by Gasteiger charge is 2.31. The van der Waals surface area contributed by atoms with Gasteiger partial charge in [-0.3, -0.25) is 19.2 Å². The van der Waals surface area contributed by atoms with Gasteiger partial charge in [-0.05, 0) is 36.5 Å². The second-order valence-corrected chi connectivity index (χ2v) is 9.24. The summed E-state index contributed by atoms with van der Waals surface area (Å²) >= 11 is 1.38. The van der Waals surface area contributed by atoms with Crippen LogP contribution in [0.2, 0.25) is 0 Å². The second-order valence-electron chi connectivity index (χ2n) is 8.25. The van der Waals surface area contributed by atoms with Gasteiger partial charge in [0.05, 0.1) is 19.1 Å². The highest BCUT2D eigenvalue weighted by Crippen LogP contribution is 2.18. The van der Waals surface area contributed by atoms with Crippen LogP contribution < -0.4 is 21.7 Å². The van der Waals surface area contributed by atoms with Crippen molar-refractivity contribution in [1.82, 2.24) is 20.9 Å². The van der Waals surface area contributed by atoms with E-state index in [1.165, 1.54) is 11.8 Å². The van der Waals surface area contributed by atoms with Crippen molar-refractivity contribution in [3.05, 3.63) is 36.0 Å². The number of nitrogens with two attached hydrogens (primary N) is 1. The summed E-state index contributed by atoms with van der Waals surface area (Å²) in [4.78, 5) is 63.7. The molecule has 13 nitrogen and oxygen atoms in total. The molecular formula is C23H31N5O8S. The molecule has 1 heterocycles. The molecular weight excluding hydrogens is 506 g/mol. The molecule has 0 aliphatic rings. The number of H-pyrrole nitrogens is 1. The number of para-hydroxylation sites is 1. The van der Waals surface area contributed by atoms with Gasteiger partial charge in [-0.1, -0.05) is 18.2 Å². The van der Waals surface area contributed by atoms with Crippen LogP contribution in [0.25, 0.3) is 10.9 Å². The molecule has 1 aromatic carbocycles.